The van der Waals surface area contributed by atoms with Gasteiger partial charge in [0, 0.05) is 27.3 Å². The van der Waals surface area contributed by atoms with Crippen molar-refractivity contribution >= 4 is 43.8 Å². The van der Waals surface area contributed by atoms with Crippen molar-refractivity contribution in [2.75, 3.05) is 5.32 Å². The average Bonchev–Trinajstić information content (AvgIpc) is 3.16. The van der Waals surface area contributed by atoms with Gasteiger partial charge in [-0.05, 0) is 25.1 Å². The maximum absolute atomic E-state index is 12.6. The van der Waals surface area contributed by atoms with Crippen LogP contribution in [0, 0.1) is 6.92 Å². The van der Waals surface area contributed by atoms with Gasteiger partial charge in [-0.25, -0.2) is 4.98 Å². The van der Waals surface area contributed by atoms with Crippen molar-refractivity contribution in [3.8, 4) is 11.3 Å². The van der Waals surface area contributed by atoms with E-state index in [1.54, 1.807) is 0 Å². The SMILES string of the molecule is Cc1ccc(-c2cn3c(C(=O)Nc4cccc(Br)c4)csc3n2)cc1. The van der Waals surface area contributed by atoms with Crippen molar-refractivity contribution in [2.45, 2.75) is 6.92 Å². The minimum Gasteiger partial charge on any atom is -0.321 e. The number of hydrogen-bond acceptors (Lipinski definition) is 3. The van der Waals surface area contributed by atoms with Crippen molar-refractivity contribution in [1.82, 2.24) is 9.38 Å². The van der Waals surface area contributed by atoms with E-state index in [0.29, 0.717) is 5.69 Å². The predicted octanol–water partition coefficient (Wildman–Crippen LogP) is 5.39. The lowest BCUT2D eigenvalue weighted by molar-refractivity contribution is 0.102. The number of aromatic nitrogens is 2. The van der Waals surface area contributed by atoms with Crippen LogP contribution in [0.25, 0.3) is 16.2 Å². The minimum atomic E-state index is -0.155. The number of rotatable bonds is 3. The standard InChI is InChI=1S/C19H14BrN3OS/c1-12-5-7-13(8-6-12)16-10-23-17(11-25-19(23)22-16)18(24)21-15-4-2-3-14(20)9-15/h2-11H,1H3,(H,21,24). The third kappa shape index (κ3) is 3.23. The molecule has 0 saturated heterocycles. The number of carbonyl (C=O) groups excluding carboxylic acids is 1. The van der Waals surface area contributed by atoms with E-state index in [1.165, 1.54) is 16.9 Å². The highest BCUT2D eigenvalue weighted by atomic mass is 79.9. The molecule has 0 fully saturated rings. The second-order valence-corrected chi connectivity index (χ2v) is 7.48. The van der Waals surface area contributed by atoms with E-state index >= 15 is 0 Å². The molecule has 1 N–H and O–H groups in total. The Morgan fingerprint density at radius 1 is 1.20 bits per heavy atom. The van der Waals surface area contributed by atoms with Gasteiger partial charge in [0.15, 0.2) is 4.96 Å². The van der Waals surface area contributed by atoms with Gasteiger partial charge in [0.2, 0.25) is 0 Å². The van der Waals surface area contributed by atoms with Gasteiger partial charge in [0.05, 0.1) is 5.69 Å². The van der Waals surface area contributed by atoms with Gasteiger partial charge in [0.25, 0.3) is 5.91 Å². The quantitative estimate of drug-likeness (QED) is 0.491. The van der Waals surface area contributed by atoms with Gasteiger partial charge in [0.1, 0.15) is 5.69 Å². The topological polar surface area (TPSA) is 46.4 Å². The number of nitrogens with zero attached hydrogens (tertiary/aromatic N) is 2. The Bertz CT molecular complexity index is 1070. The second kappa shape index (κ2) is 6.46. The average molecular weight is 412 g/mol. The molecule has 2 aromatic heterocycles. The number of nitrogens with one attached hydrogen (secondary N) is 1. The van der Waals surface area contributed by atoms with E-state index in [1.807, 2.05) is 52.4 Å². The van der Waals surface area contributed by atoms with E-state index in [2.05, 4.69) is 45.3 Å². The van der Waals surface area contributed by atoms with Gasteiger partial charge in [-0.1, -0.05) is 51.8 Å². The molecule has 0 atom stereocenters. The van der Waals surface area contributed by atoms with Crippen LogP contribution < -0.4 is 5.32 Å². The highest BCUT2D eigenvalue weighted by molar-refractivity contribution is 9.10. The number of fused-ring (bicyclic) bond motifs is 1. The van der Waals surface area contributed by atoms with Gasteiger partial charge in [-0.15, -0.1) is 11.3 Å². The fraction of sp³-hybridized carbons (Fsp3) is 0.0526. The molecule has 1 amide bonds. The molecule has 0 unspecified atom stereocenters. The zero-order chi connectivity index (χ0) is 17.4. The first kappa shape index (κ1) is 16.1. The molecule has 2 aromatic carbocycles. The molecule has 0 saturated carbocycles. The van der Waals surface area contributed by atoms with Crippen molar-refractivity contribution in [1.29, 1.82) is 0 Å². The van der Waals surface area contributed by atoms with Crippen molar-refractivity contribution < 1.29 is 4.79 Å². The Kier molecular flexibility index (Phi) is 4.15. The van der Waals surface area contributed by atoms with E-state index in [0.717, 1.165) is 26.4 Å². The summed E-state index contributed by atoms with van der Waals surface area (Å²) in [4.78, 5) is 18.1. The molecule has 0 aliphatic heterocycles. The van der Waals surface area contributed by atoms with E-state index < -0.39 is 0 Å². The molecule has 124 valence electrons. The van der Waals surface area contributed by atoms with Crippen molar-refractivity contribution in [2.24, 2.45) is 0 Å². The number of aryl methyl sites for hydroxylation is 1. The number of halogens is 1. The molecule has 4 nitrogen and oxygen atoms in total. The van der Waals surface area contributed by atoms with E-state index in [9.17, 15) is 4.79 Å². The van der Waals surface area contributed by atoms with Crippen LogP contribution in [0.3, 0.4) is 0 Å². The van der Waals surface area contributed by atoms with E-state index in [4.69, 9.17) is 0 Å². The molecule has 25 heavy (non-hydrogen) atoms. The predicted molar refractivity (Wildman–Crippen MR) is 105 cm³/mol. The Balaban J connectivity index is 1.66. The van der Waals surface area contributed by atoms with Crippen LogP contribution in [0.15, 0.2) is 64.6 Å². The van der Waals surface area contributed by atoms with Gasteiger partial charge in [-0.3, -0.25) is 9.20 Å². The molecule has 4 aromatic rings. The lowest BCUT2D eigenvalue weighted by Crippen LogP contribution is -2.13. The first-order valence-corrected chi connectivity index (χ1v) is 9.38. The van der Waals surface area contributed by atoms with Crippen LogP contribution in [-0.2, 0) is 0 Å². The van der Waals surface area contributed by atoms with Crippen LogP contribution in [-0.4, -0.2) is 15.3 Å². The third-order valence-corrected chi connectivity index (χ3v) is 5.20. The van der Waals surface area contributed by atoms with Gasteiger partial charge < -0.3 is 5.32 Å². The van der Waals surface area contributed by atoms with Crippen LogP contribution in [0.5, 0.6) is 0 Å². The second-order valence-electron chi connectivity index (χ2n) is 5.73. The molecule has 0 bridgehead atoms. The van der Waals surface area contributed by atoms with Gasteiger partial charge >= 0.3 is 0 Å². The molecule has 4 rings (SSSR count). The minimum absolute atomic E-state index is 0.155. The molecular formula is C19H14BrN3OS. The molecule has 0 aliphatic rings. The van der Waals surface area contributed by atoms with Crippen LogP contribution in [0.1, 0.15) is 16.1 Å². The molecular weight excluding hydrogens is 398 g/mol. The summed E-state index contributed by atoms with van der Waals surface area (Å²) >= 11 is 4.87. The first-order valence-electron chi connectivity index (χ1n) is 7.71. The number of carbonyl (C=O) groups is 1. The number of benzene rings is 2. The summed E-state index contributed by atoms with van der Waals surface area (Å²) in [5.74, 6) is -0.155. The summed E-state index contributed by atoms with van der Waals surface area (Å²) in [5.41, 5.74) is 4.44. The highest BCUT2D eigenvalue weighted by Gasteiger charge is 2.15. The number of thiazole rings is 1. The fourth-order valence-corrected chi connectivity index (χ4v) is 3.82. The maximum Gasteiger partial charge on any atom is 0.273 e. The van der Waals surface area contributed by atoms with E-state index in [-0.39, 0.29) is 5.91 Å². The zero-order valence-electron chi connectivity index (χ0n) is 13.4. The zero-order valence-corrected chi connectivity index (χ0v) is 15.8. The lowest BCUT2D eigenvalue weighted by Gasteiger charge is -2.04. The molecule has 2 heterocycles. The number of hydrogen-bond donors (Lipinski definition) is 1. The molecule has 0 aliphatic carbocycles. The monoisotopic (exact) mass is 411 g/mol. The number of amides is 1. The summed E-state index contributed by atoms with van der Waals surface area (Å²) in [6.07, 6.45) is 1.91. The van der Waals surface area contributed by atoms with Crippen molar-refractivity contribution in [3.05, 3.63) is 75.8 Å². The number of imidazole rings is 1. The molecule has 0 radical (unpaired) electrons. The summed E-state index contributed by atoms with van der Waals surface area (Å²) < 4.78 is 2.76. The Morgan fingerprint density at radius 3 is 2.76 bits per heavy atom. The Hall–Kier alpha value is -2.44. The highest BCUT2D eigenvalue weighted by Crippen LogP contribution is 2.25. The smallest absolute Gasteiger partial charge is 0.273 e. The molecule has 0 spiro atoms. The molecule has 6 heteroatoms. The third-order valence-electron chi connectivity index (χ3n) is 3.87. The maximum atomic E-state index is 12.6. The summed E-state index contributed by atoms with van der Waals surface area (Å²) in [6.45, 7) is 2.06. The van der Waals surface area contributed by atoms with Gasteiger partial charge in [-0.2, -0.15) is 0 Å². The lowest BCUT2D eigenvalue weighted by atomic mass is 10.1. The Morgan fingerprint density at radius 2 is 2.00 bits per heavy atom. The summed E-state index contributed by atoms with van der Waals surface area (Å²) in [7, 11) is 0. The van der Waals surface area contributed by atoms with Crippen LogP contribution >= 0.6 is 27.3 Å². The summed E-state index contributed by atoms with van der Waals surface area (Å²) in [6, 6.07) is 15.7. The number of anilines is 1. The largest absolute Gasteiger partial charge is 0.321 e. The first-order chi connectivity index (χ1) is 12.1. The summed E-state index contributed by atoms with van der Waals surface area (Å²) in [5, 5.41) is 4.75. The fourth-order valence-electron chi connectivity index (χ4n) is 2.57. The Labute approximate surface area is 157 Å². The van der Waals surface area contributed by atoms with Crippen LogP contribution in [0.4, 0.5) is 5.69 Å². The normalized spacial score (nSPS) is 11.0. The van der Waals surface area contributed by atoms with Crippen LogP contribution in [0.2, 0.25) is 0 Å². The van der Waals surface area contributed by atoms with Crippen molar-refractivity contribution in [3.63, 3.8) is 0 Å².